The van der Waals surface area contributed by atoms with Crippen LogP contribution in [0.5, 0.6) is 0 Å². The maximum absolute atomic E-state index is 14.5. The number of hydrogen-bond donors (Lipinski definition) is 2. The molecule has 0 bridgehead atoms. The van der Waals surface area contributed by atoms with E-state index in [-0.39, 0.29) is 39.5 Å². The molecule has 2 amide bonds. The number of rotatable bonds is 13. The number of benzene rings is 3. The Kier molecular flexibility index (Phi) is 13.4. The average molecular weight is 729 g/mol. The highest BCUT2D eigenvalue weighted by Crippen LogP contribution is 2.31. The Balaban J connectivity index is 0.00000541. The molecule has 13 heteroatoms. The second-order valence-corrected chi connectivity index (χ2v) is 13.9. The lowest BCUT2D eigenvalue weighted by atomic mass is 9.93. The van der Waals surface area contributed by atoms with Gasteiger partial charge in [0.15, 0.2) is 16.7 Å². The molecule has 0 fully saturated rings. The van der Waals surface area contributed by atoms with Gasteiger partial charge in [-0.3, -0.25) is 9.59 Å². The van der Waals surface area contributed by atoms with Crippen molar-refractivity contribution in [2.45, 2.75) is 70.4 Å². The molecule has 4 aromatic rings. The number of carbonyl (C=O) groups excluding carboxylic acids is 2. The fraction of sp³-hybridized carbons (Fsp3) is 0.361. The summed E-state index contributed by atoms with van der Waals surface area (Å²) in [5.74, 6) is -0.476. The van der Waals surface area contributed by atoms with Gasteiger partial charge in [-0.05, 0) is 73.7 Å². The number of anilines is 1. The first-order valence-corrected chi connectivity index (χ1v) is 18.2. The van der Waals surface area contributed by atoms with Crippen molar-refractivity contribution >= 4 is 51.7 Å². The van der Waals surface area contributed by atoms with Gasteiger partial charge >= 0.3 is 0 Å². The maximum Gasteiger partial charge on any atom is 0.274 e. The van der Waals surface area contributed by atoms with Gasteiger partial charge in [0.1, 0.15) is 0 Å². The first kappa shape index (κ1) is 38.1. The minimum Gasteiger partial charge on any atom is -0.412 e. The van der Waals surface area contributed by atoms with Crippen molar-refractivity contribution in [3.63, 3.8) is 0 Å². The molecular formula is C36H43Cl2N5O5S. The van der Waals surface area contributed by atoms with Crippen LogP contribution in [0.25, 0.3) is 5.69 Å². The minimum absolute atomic E-state index is 0. The smallest absolute Gasteiger partial charge is 0.274 e. The highest BCUT2D eigenvalue weighted by molar-refractivity contribution is 7.86. The molecule has 1 aromatic heterocycles. The van der Waals surface area contributed by atoms with Crippen LogP contribution in [0.2, 0.25) is 10.0 Å². The number of nitrogens with one attached hydrogen (secondary N) is 1. The quantitative estimate of drug-likeness (QED) is 0.164. The maximum atomic E-state index is 14.5. The first-order valence-electron chi connectivity index (χ1n) is 16.3. The number of aryl methyl sites for hydroxylation is 1. The minimum atomic E-state index is -1.79. The van der Waals surface area contributed by atoms with E-state index in [1.54, 1.807) is 52.0 Å². The number of unbranched alkanes of at least 4 members (excludes halogenated alkanes) is 2. The van der Waals surface area contributed by atoms with E-state index < -0.39 is 17.0 Å². The predicted octanol–water partition coefficient (Wildman–Crippen LogP) is 6.40. The Bertz CT molecular complexity index is 1810. The van der Waals surface area contributed by atoms with Gasteiger partial charge in [0.25, 0.3) is 11.8 Å². The van der Waals surface area contributed by atoms with Crippen molar-refractivity contribution in [1.82, 2.24) is 19.6 Å². The number of aliphatic hydroxyl groups excluding tert-OH is 1. The SMILES string of the molecule is CCCCN(CCCC)C(=O)c1cc(C)n(-c2ccc(NS(=O)c3cccc(Cl)c3Cl)cc2C(=O)N2Cc3ccccc3C[C@H]2CO)n1.O. The molecule has 1 aliphatic rings. The molecule has 0 radical (unpaired) electrons. The van der Waals surface area contributed by atoms with Crippen LogP contribution in [0.4, 0.5) is 5.69 Å². The molecule has 2 heterocycles. The van der Waals surface area contributed by atoms with Gasteiger partial charge < -0.3 is 25.1 Å². The largest absolute Gasteiger partial charge is 0.412 e. The number of nitrogens with zero attached hydrogens (tertiary/aromatic N) is 4. The van der Waals surface area contributed by atoms with Gasteiger partial charge in [-0.1, -0.05) is 80.2 Å². The number of halogens is 2. The summed E-state index contributed by atoms with van der Waals surface area (Å²) >= 11 is 12.5. The summed E-state index contributed by atoms with van der Waals surface area (Å²) in [6.45, 7) is 7.44. The summed E-state index contributed by atoms with van der Waals surface area (Å²) in [7, 11) is -1.79. The van der Waals surface area contributed by atoms with Crippen molar-refractivity contribution in [3.8, 4) is 5.69 Å². The van der Waals surface area contributed by atoms with Crippen molar-refractivity contribution in [3.05, 3.63) is 105 Å². The summed E-state index contributed by atoms with van der Waals surface area (Å²) in [5.41, 5.74) is 4.20. The third-order valence-corrected chi connectivity index (χ3v) is 10.7. The van der Waals surface area contributed by atoms with Gasteiger partial charge in [-0.25, -0.2) is 8.89 Å². The molecule has 2 atom stereocenters. The lowest BCUT2D eigenvalue weighted by molar-refractivity contribution is 0.0544. The van der Waals surface area contributed by atoms with Crippen LogP contribution >= 0.6 is 23.2 Å². The van der Waals surface area contributed by atoms with E-state index in [0.29, 0.717) is 53.7 Å². The van der Waals surface area contributed by atoms with Crippen LogP contribution in [-0.4, -0.2) is 71.9 Å². The Morgan fingerprint density at radius 3 is 2.37 bits per heavy atom. The van der Waals surface area contributed by atoms with Crippen LogP contribution in [-0.2, 0) is 24.0 Å². The lowest BCUT2D eigenvalue weighted by Gasteiger charge is -2.36. The van der Waals surface area contributed by atoms with Crippen molar-refractivity contribution in [2.24, 2.45) is 0 Å². The summed E-state index contributed by atoms with van der Waals surface area (Å²) in [4.78, 5) is 32.0. The third-order valence-electron chi connectivity index (χ3n) is 8.57. The van der Waals surface area contributed by atoms with Gasteiger partial charge in [-0.2, -0.15) is 5.10 Å². The molecule has 4 N–H and O–H groups in total. The van der Waals surface area contributed by atoms with Crippen LogP contribution in [0.15, 0.2) is 71.6 Å². The molecule has 49 heavy (non-hydrogen) atoms. The molecule has 1 aliphatic heterocycles. The number of aromatic nitrogens is 2. The number of fused-ring (bicyclic) bond motifs is 1. The normalized spacial score (nSPS) is 14.5. The van der Waals surface area contributed by atoms with Crippen LogP contribution in [0.3, 0.4) is 0 Å². The monoisotopic (exact) mass is 727 g/mol. The molecule has 0 saturated carbocycles. The molecule has 0 spiro atoms. The van der Waals surface area contributed by atoms with E-state index in [0.717, 1.165) is 36.8 Å². The summed E-state index contributed by atoms with van der Waals surface area (Å²) in [5, 5.41) is 15.6. The second kappa shape index (κ2) is 17.3. The second-order valence-electron chi connectivity index (χ2n) is 12.0. The van der Waals surface area contributed by atoms with Crippen LogP contribution in [0.1, 0.15) is 77.2 Å². The van der Waals surface area contributed by atoms with Gasteiger partial charge in [0, 0.05) is 31.0 Å². The predicted molar refractivity (Wildman–Crippen MR) is 195 cm³/mol. The highest BCUT2D eigenvalue weighted by atomic mass is 35.5. The first-order chi connectivity index (χ1) is 23.2. The number of carbonyl (C=O) groups is 2. The molecule has 0 saturated heterocycles. The Morgan fingerprint density at radius 1 is 1.00 bits per heavy atom. The third kappa shape index (κ3) is 8.53. The number of hydrogen-bond acceptors (Lipinski definition) is 5. The lowest BCUT2D eigenvalue weighted by Crippen LogP contribution is -2.46. The average Bonchev–Trinajstić information content (AvgIpc) is 3.49. The van der Waals surface area contributed by atoms with Crippen molar-refractivity contribution in [2.75, 3.05) is 24.4 Å². The molecule has 3 aromatic carbocycles. The fourth-order valence-corrected chi connectivity index (χ4v) is 7.38. The van der Waals surface area contributed by atoms with Crippen LogP contribution < -0.4 is 4.72 Å². The zero-order valence-electron chi connectivity index (χ0n) is 27.9. The number of amides is 2. The summed E-state index contributed by atoms with van der Waals surface area (Å²) < 4.78 is 17.9. The zero-order valence-corrected chi connectivity index (χ0v) is 30.2. The fourth-order valence-electron chi connectivity index (χ4n) is 5.89. The van der Waals surface area contributed by atoms with E-state index >= 15 is 0 Å². The summed E-state index contributed by atoms with van der Waals surface area (Å²) in [6.07, 6.45) is 4.25. The molecule has 1 unspecified atom stereocenters. The zero-order chi connectivity index (χ0) is 34.4. The Morgan fingerprint density at radius 2 is 1.69 bits per heavy atom. The molecule has 0 aliphatic carbocycles. The van der Waals surface area contributed by atoms with E-state index in [1.165, 1.54) is 0 Å². The van der Waals surface area contributed by atoms with Crippen LogP contribution in [0, 0.1) is 6.92 Å². The van der Waals surface area contributed by atoms with Crippen molar-refractivity contribution in [1.29, 1.82) is 0 Å². The van der Waals surface area contributed by atoms with Gasteiger partial charge in [-0.15, -0.1) is 0 Å². The van der Waals surface area contributed by atoms with Crippen molar-refractivity contribution < 1.29 is 24.4 Å². The van der Waals surface area contributed by atoms with Gasteiger partial charge in [0.2, 0.25) is 0 Å². The van der Waals surface area contributed by atoms with E-state index in [2.05, 4.69) is 18.6 Å². The van der Waals surface area contributed by atoms with E-state index in [4.69, 9.17) is 28.3 Å². The Hall–Kier alpha value is -3.74. The summed E-state index contributed by atoms with van der Waals surface area (Å²) in [6, 6.07) is 19.1. The molecule has 262 valence electrons. The Labute approximate surface area is 299 Å². The van der Waals surface area contributed by atoms with E-state index in [1.807, 2.05) is 36.1 Å². The molecule has 10 nitrogen and oxygen atoms in total. The number of aliphatic hydroxyl groups is 1. The molecular weight excluding hydrogens is 685 g/mol. The van der Waals surface area contributed by atoms with E-state index in [9.17, 15) is 18.9 Å². The highest BCUT2D eigenvalue weighted by Gasteiger charge is 2.32. The van der Waals surface area contributed by atoms with Gasteiger partial charge in [0.05, 0.1) is 38.8 Å². The standard InChI is InChI=1S/C36H41Cl2N5O4S.H2O/c1-4-6-17-41(18-7-5-2)36(46)31-19-24(3)43(39-31)32-16-15-27(40-48(47)33-14-10-13-30(37)34(33)38)21-29(32)35(45)42-22-26-12-9-8-11-25(26)20-28(42)23-44;/h8-16,19,21,28,40,44H,4-7,17-18,20,22-23H2,1-3H3;1H2/t28-,48?;/m0./s1. The molecule has 5 rings (SSSR count). The topological polar surface area (TPSA) is 139 Å².